The molecule has 0 aliphatic rings. The molecule has 9 heteroatoms. The Morgan fingerprint density at radius 1 is 1.32 bits per heavy atom. The van der Waals surface area contributed by atoms with E-state index in [1.54, 1.807) is 42.5 Å². The normalized spacial score (nSPS) is 12.1. The average molecular weight is 402 g/mol. The summed E-state index contributed by atoms with van der Waals surface area (Å²) in [5.74, 6) is -0.0172. The van der Waals surface area contributed by atoms with Crippen LogP contribution in [0, 0.1) is 5.92 Å². The Hall–Kier alpha value is -2.94. The fourth-order valence-electron chi connectivity index (χ4n) is 2.48. The molecule has 0 saturated carbocycles. The van der Waals surface area contributed by atoms with Gasteiger partial charge < -0.3 is 19.4 Å². The first kappa shape index (κ1) is 19.8. The van der Waals surface area contributed by atoms with Crippen LogP contribution >= 0.6 is 11.3 Å². The summed E-state index contributed by atoms with van der Waals surface area (Å²) in [5.41, 5.74) is 0.699. The van der Waals surface area contributed by atoms with Gasteiger partial charge in [0.05, 0.1) is 36.8 Å². The summed E-state index contributed by atoms with van der Waals surface area (Å²) >= 11 is 1.24. The molecule has 3 rings (SSSR count). The largest absolute Gasteiger partial charge is 0.497 e. The van der Waals surface area contributed by atoms with Crippen LogP contribution in [0.2, 0.25) is 0 Å². The highest BCUT2D eigenvalue weighted by Gasteiger charge is 2.25. The lowest BCUT2D eigenvalue weighted by molar-refractivity contribution is -0.147. The first-order chi connectivity index (χ1) is 13.5. The summed E-state index contributed by atoms with van der Waals surface area (Å²) in [4.78, 5) is 33.5. The average Bonchev–Trinajstić information content (AvgIpc) is 3.34. The van der Waals surface area contributed by atoms with E-state index < -0.39 is 17.9 Å². The molecular formula is C19H22N4O4S. The molecule has 0 bridgehead atoms. The minimum absolute atomic E-state index is 0.202. The number of imidazole rings is 1. The molecule has 0 radical (unpaired) electrons. The second-order valence-corrected chi connectivity index (χ2v) is 7.69. The molecule has 2 heterocycles. The summed E-state index contributed by atoms with van der Waals surface area (Å²) in [6.07, 6.45) is 4.91. The lowest BCUT2D eigenvalue weighted by atomic mass is 10.2. The third kappa shape index (κ3) is 4.86. The molecule has 3 aromatic rings. The highest BCUT2D eigenvalue weighted by Crippen LogP contribution is 2.26. The van der Waals surface area contributed by atoms with Gasteiger partial charge >= 0.3 is 5.97 Å². The Labute approximate surface area is 166 Å². The van der Waals surface area contributed by atoms with Crippen LogP contribution in [0.3, 0.4) is 0 Å². The fourth-order valence-corrected chi connectivity index (χ4v) is 3.38. The topological polar surface area (TPSA) is 95.3 Å². The second kappa shape index (κ2) is 8.83. The summed E-state index contributed by atoms with van der Waals surface area (Å²) in [6.45, 7) is 4.41. The van der Waals surface area contributed by atoms with Crippen LogP contribution in [0.15, 0.2) is 36.9 Å². The van der Waals surface area contributed by atoms with E-state index in [0.29, 0.717) is 11.3 Å². The van der Waals surface area contributed by atoms with Crippen molar-refractivity contribution in [1.29, 1.82) is 0 Å². The van der Waals surface area contributed by atoms with E-state index in [-0.39, 0.29) is 24.1 Å². The minimum atomic E-state index is -0.845. The Balaban J connectivity index is 1.76. The Morgan fingerprint density at radius 3 is 2.82 bits per heavy atom. The molecule has 0 fully saturated rings. The summed E-state index contributed by atoms with van der Waals surface area (Å²) in [7, 11) is 1.58. The van der Waals surface area contributed by atoms with Crippen LogP contribution in [0.5, 0.6) is 5.75 Å². The van der Waals surface area contributed by atoms with Crippen molar-refractivity contribution in [2.75, 3.05) is 13.7 Å². The van der Waals surface area contributed by atoms with Gasteiger partial charge in [-0.05, 0) is 24.1 Å². The van der Waals surface area contributed by atoms with Crippen LogP contribution in [-0.2, 0) is 16.1 Å². The summed E-state index contributed by atoms with van der Waals surface area (Å²) < 4.78 is 13.1. The van der Waals surface area contributed by atoms with Gasteiger partial charge in [-0.1, -0.05) is 13.8 Å². The van der Waals surface area contributed by atoms with E-state index in [4.69, 9.17) is 9.47 Å². The van der Waals surface area contributed by atoms with Crippen molar-refractivity contribution >= 4 is 33.4 Å². The monoisotopic (exact) mass is 402 g/mol. The van der Waals surface area contributed by atoms with Gasteiger partial charge in [0, 0.05) is 12.4 Å². The number of amides is 1. The van der Waals surface area contributed by atoms with E-state index in [0.717, 1.165) is 4.70 Å². The SMILES string of the molecule is COc1ccc2nc(C(=O)NC(Cn3ccnc3)C(=O)OCC(C)C)sc2c1. The van der Waals surface area contributed by atoms with Crippen molar-refractivity contribution in [2.24, 2.45) is 5.92 Å². The van der Waals surface area contributed by atoms with E-state index >= 15 is 0 Å². The first-order valence-corrected chi connectivity index (χ1v) is 9.65. The predicted molar refractivity (Wildman–Crippen MR) is 105 cm³/mol. The third-order valence-electron chi connectivity index (χ3n) is 3.89. The second-order valence-electron chi connectivity index (χ2n) is 6.66. The molecule has 0 aliphatic carbocycles. The van der Waals surface area contributed by atoms with Gasteiger partial charge in [0.2, 0.25) is 0 Å². The van der Waals surface area contributed by atoms with Gasteiger partial charge in [-0.25, -0.2) is 14.8 Å². The molecule has 1 aromatic carbocycles. The zero-order chi connectivity index (χ0) is 20.1. The smallest absolute Gasteiger partial charge is 0.330 e. The number of nitrogens with zero attached hydrogens (tertiary/aromatic N) is 3. The standard InChI is InChI=1S/C19H22N4O4S/c1-12(2)10-27-19(25)15(9-23-7-6-20-11-23)21-17(24)18-22-14-5-4-13(26-3)8-16(14)28-18/h4-8,11-12,15H,9-10H2,1-3H3,(H,21,24). The lowest BCUT2D eigenvalue weighted by Gasteiger charge is -2.18. The highest BCUT2D eigenvalue weighted by molar-refractivity contribution is 7.20. The first-order valence-electron chi connectivity index (χ1n) is 8.84. The van der Waals surface area contributed by atoms with Gasteiger partial charge in [-0.15, -0.1) is 11.3 Å². The number of fused-ring (bicyclic) bond motifs is 1. The number of carbonyl (C=O) groups excluding carboxylic acids is 2. The number of methoxy groups -OCH3 is 1. The highest BCUT2D eigenvalue weighted by atomic mass is 32.1. The van der Waals surface area contributed by atoms with Crippen molar-refractivity contribution in [3.63, 3.8) is 0 Å². The number of hydrogen-bond donors (Lipinski definition) is 1. The zero-order valence-electron chi connectivity index (χ0n) is 15.9. The van der Waals surface area contributed by atoms with Crippen molar-refractivity contribution in [1.82, 2.24) is 19.9 Å². The fraction of sp³-hybridized carbons (Fsp3) is 0.368. The van der Waals surface area contributed by atoms with Crippen molar-refractivity contribution in [3.8, 4) is 5.75 Å². The van der Waals surface area contributed by atoms with Gasteiger partial charge in [-0.3, -0.25) is 4.79 Å². The molecule has 0 aliphatic heterocycles. The molecule has 1 N–H and O–H groups in total. The maximum atomic E-state index is 12.7. The molecule has 1 amide bonds. The van der Waals surface area contributed by atoms with Crippen molar-refractivity contribution in [2.45, 2.75) is 26.4 Å². The minimum Gasteiger partial charge on any atom is -0.497 e. The van der Waals surface area contributed by atoms with Crippen LogP contribution < -0.4 is 10.1 Å². The van der Waals surface area contributed by atoms with Crippen LogP contribution in [0.1, 0.15) is 23.6 Å². The predicted octanol–water partition coefficient (Wildman–Crippen LogP) is 2.50. The molecular weight excluding hydrogens is 380 g/mol. The van der Waals surface area contributed by atoms with Gasteiger partial charge in [-0.2, -0.15) is 0 Å². The van der Waals surface area contributed by atoms with Gasteiger partial charge in [0.1, 0.15) is 11.8 Å². The number of hydrogen-bond acceptors (Lipinski definition) is 7. The lowest BCUT2D eigenvalue weighted by Crippen LogP contribution is -2.44. The van der Waals surface area contributed by atoms with E-state index in [2.05, 4.69) is 15.3 Å². The number of esters is 1. The van der Waals surface area contributed by atoms with Crippen LogP contribution in [0.25, 0.3) is 10.2 Å². The number of benzene rings is 1. The number of carbonyl (C=O) groups is 2. The molecule has 148 valence electrons. The third-order valence-corrected chi connectivity index (χ3v) is 4.91. The molecule has 2 aromatic heterocycles. The van der Waals surface area contributed by atoms with Crippen molar-refractivity contribution in [3.05, 3.63) is 41.9 Å². The van der Waals surface area contributed by atoms with Gasteiger partial charge in [0.25, 0.3) is 5.91 Å². The molecule has 0 spiro atoms. The molecule has 28 heavy (non-hydrogen) atoms. The number of nitrogens with one attached hydrogen (secondary N) is 1. The number of rotatable bonds is 8. The maximum Gasteiger partial charge on any atom is 0.330 e. The molecule has 0 saturated heterocycles. The molecule has 8 nitrogen and oxygen atoms in total. The number of aromatic nitrogens is 3. The quantitative estimate of drug-likeness (QED) is 0.582. The molecule has 1 unspecified atom stereocenters. The Bertz CT molecular complexity index is 952. The van der Waals surface area contributed by atoms with E-state index in [1.807, 2.05) is 19.9 Å². The maximum absolute atomic E-state index is 12.7. The zero-order valence-corrected chi connectivity index (χ0v) is 16.7. The van der Waals surface area contributed by atoms with Gasteiger partial charge in [0.15, 0.2) is 5.01 Å². The van der Waals surface area contributed by atoms with Crippen LogP contribution in [0.4, 0.5) is 0 Å². The van der Waals surface area contributed by atoms with E-state index in [9.17, 15) is 9.59 Å². The van der Waals surface area contributed by atoms with Crippen LogP contribution in [-0.4, -0.2) is 46.2 Å². The Kier molecular flexibility index (Phi) is 6.25. The summed E-state index contributed by atoms with van der Waals surface area (Å²) in [5, 5.41) is 3.01. The molecule has 1 atom stereocenters. The summed E-state index contributed by atoms with van der Waals surface area (Å²) in [6, 6.07) is 4.56. The van der Waals surface area contributed by atoms with Crippen molar-refractivity contribution < 1.29 is 19.1 Å². The number of thiazole rings is 1. The van der Waals surface area contributed by atoms with E-state index in [1.165, 1.54) is 11.3 Å². The number of ether oxygens (including phenoxy) is 2. The Morgan fingerprint density at radius 2 is 2.14 bits per heavy atom.